The second-order valence-electron chi connectivity index (χ2n) is 7.72. The summed E-state index contributed by atoms with van der Waals surface area (Å²) in [6, 6.07) is 13.8. The number of nitrogens with one attached hydrogen (secondary N) is 1. The molecule has 0 bridgehead atoms. The fourth-order valence-corrected chi connectivity index (χ4v) is 3.12. The third kappa shape index (κ3) is 6.01. The maximum absolute atomic E-state index is 13.0. The molecule has 2 aromatic carbocycles. The maximum Gasteiger partial charge on any atom is 0.261 e. The molecule has 0 spiro atoms. The van der Waals surface area contributed by atoms with Gasteiger partial charge in [-0.3, -0.25) is 4.79 Å². The van der Waals surface area contributed by atoms with Crippen molar-refractivity contribution in [2.24, 2.45) is 5.92 Å². The Kier molecular flexibility index (Phi) is 7.91. The fourth-order valence-electron chi connectivity index (χ4n) is 3.12. The Morgan fingerprint density at radius 2 is 1.64 bits per heavy atom. The van der Waals surface area contributed by atoms with E-state index in [2.05, 4.69) is 26.1 Å². The lowest BCUT2D eigenvalue weighted by Crippen LogP contribution is -2.40. The first-order chi connectivity index (χ1) is 13.3. The molecule has 4 heteroatoms. The van der Waals surface area contributed by atoms with Crippen LogP contribution in [0.3, 0.4) is 0 Å². The molecule has 152 valence electrons. The van der Waals surface area contributed by atoms with Crippen LogP contribution in [0.1, 0.15) is 56.3 Å². The van der Waals surface area contributed by atoms with Gasteiger partial charge in [-0.05, 0) is 73.6 Å². The third-order valence-corrected chi connectivity index (χ3v) is 4.96. The molecule has 2 aromatic rings. The summed E-state index contributed by atoms with van der Waals surface area (Å²) in [5, 5.41) is 3.19. The minimum absolute atomic E-state index is 0.0594. The molecule has 1 amide bonds. The number of methoxy groups -OCH3 is 1. The average molecular weight is 384 g/mol. The molecule has 0 unspecified atom stereocenters. The highest BCUT2D eigenvalue weighted by molar-refractivity contribution is 5.81. The van der Waals surface area contributed by atoms with Crippen molar-refractivity contribution in [3.05, 3.63) is 59.2 Å². The summed E-state index contributed by atoms with van der Waals surface area (Å²) in [4.78, 5) is 13.0. The second-order valence-corrected chi connectivity index (χ2v) is 7.72. The van der Waals surface area contributed by atoms with Gasteiger partial charge in [-0.25, -0.2) is 0 Å². The van der Waals surface area contributed by atoms with E-state index in [4.69, 9.17) is 9.47 Å². The molecule has 0 aliphatic rings. The van der Waals surface area contributed by atoms with Gasteiger partial charge >= 0.3 is 0 Å². The number of aryl methyl sites for hydroxylation is 2. The minimum Gasteiger partial charge on any atom is -0.497 e. The van der Waals surface area contributed by atoms with Gasteiger partial charge in [-0.15, -0.1) is 0 Å². The largest absolute Gasteiger partial charge is 0.497 e. The van der Waals surface area contributed by atoms with Crippen LogP contribution in [0.2, 0.25) is 0 Å². The van der Waals surface area contributed by atoms with Gasteiger partial charge in [0.1, 0.15) is 11.5 Å². The van der Waals surface area contributed by atoms with Crippen LogP contribution in [0.25, 0.3) is 0 Å². The zero-order valence-electron chi connectivity index (χ0n) is 17.9. The lowest BCUT2D eigenvalue weighted by atomic mass is 9.96. The number of rotatable bonds is 9. The number of ether oxygens (including phenoxy) is 2. The van der Waals surface area contributed by atoms with Crippen molar-refractivity contribution in [3.8, 4) is 11.5 Å². The molecule has 0 fully saturated rings. The van der Waals surface area contributed by atoms with Gasteiger partial charge in [0.05, 0.1) is 13.2 Å². The zero-order valence-corrected chi connectivity index (χ0v) is 17.9. The summed E-state index contributed by atoms with van der Waals surface area (Å²) in [6.07, 6.45) is 0.948. The van der Waals surface area contributed by atoms with E-state index in [-0.39, 0.29) is 11.9 Å². The Morgan fingerprint density at radius 1 is 1.00 bits per heavy atom. The molecule has 0 aromatic heterocycles. The molecule has 2 rings (SSSR count). The average Bonchev–Trinajstić information content (AvgIpc) is 2.67. The van der Waals surface area contributed by atoms with E-state index >= 15 is 0 Å². The summed E-state index contributed by atoms with van der Waals surface area (Å²) in [5.74, 6) is 1.91. The van der Waals surface area contributed by atoms with Gasteiger partial charge in [0.15, 0.2) is 6.10 Å². The van der Waals surface area contributed by atoms with Crippen LogP contribution < -0.4 is 14.8 Å². The summed E-state index contributed by atoms with van der Waals surface area (Å²) in [5.41, 5.74) is 3.44. The standard InChI is InChI=1S/C24H33NO3/c1-7-23(28-21-11-8-17(4)18(5)15-21)24(26)25-22(14-16(2)3)19-9-12-20(27-6)13-10-19/h8-13,15-16,22-23H,7,14H2,1-6H3,(H,25,26)/t22-,23-/m0/s1. The van der Waals surface area contributed by atoms with Crippen molar-refractivity contribution >= 4 is 5.91 Å². The number of hydrogen-bond donors (Lipinski definition) is 1. The first-order valence-electron chi connectivity index (χ1n) is 10.0. The Morgan fingerprint density at radius 3 is 2.18 bits per heavy atom. The SMILES string of the molecule is CC[C@H](Oc1ccc(C)c(C)c1)C(=O)N[C@@H](CC(C)C)c1ccc(OC)cc1. The van der Waals surface area contributed by atoms with E-state index < -0.39 is 6.10 Å². The highest BCUT2D eigenvalue weighted by Gasteiger charge is 2.23. The monoisotopic (exact) mass is 383 g/mol. The van der Waals surface area contributed by atoms with Crippen LogP contribution in [0.15, 0.2) is 42.5 Å². The summed E-state index contributed by atoms with van der Waals surface area (Å²) >= 11 is 0. The van der Waals surface area contributed by atoms with E-state index in [9.17, 15) is 4.79 Å². The van der Waals surface area contributed by atoms with Crippen molar-refractivity contribution in [3.63, 3.8) is 0 Å². The molecule has 1 N–H and O–H groups in total. The number of carbonyl (C=O) groups excluding carboxylic acids is 1. The van der Waals surface area contributed by atoms with Crippen molar-refractivity contribution in [2.75, 3.05) is 7.11 Å². The fraction of sp³-hybridized carbons (Fsp3) is 0.458. The number of hydrogen-bond acceptors (Lipinski definition) is 3. The molecular formula is C24H33NO3. The Bertz CT molecular complexity index is 768. The molecule has 0 aliphatic heterocycles. The summed E-state index contributed by atoms with van der Waals surface area (Å²) in [6.45, 7) is 10.4. The van der Waals surface area contributed by atoms with Crippen LogP contribution >= 0.6 is 0 Å². The van der Waals surface area contributed by atoms with E-state index in [1.807, 2.05) is 56.3 Å². The molecule has 0 radical (unpaired) electrons. The smallest absolute Gasteiger partial charge is 0.261 e. The van der Waals surface area contributed by atoms with Gasteiger partial charge in [-0.1, -0.05) is 39.0 Å². The topological polar surface area (TPSA) is 47.6 Å². The molecule has 0 heterocycles. The first-order valence-corrected chi connectivity index (χ1v) is 10.0. The first kappa shape index (κ1) is 21.8. The number of carbonyl (C=O) groups is 1. The highest BCUT2D eigenvalue weighted by Crippen LogP contribution is 2.25. The van der Waals surface area contributed by atoms with Crippen molar-refractivity contribution < 1.29 is 14.3 Å². The summed E-state index contributed by atoms with van der Waals surface area (Å²) in [7, 11) is 1.65. The van der Waals surface area contributed by atoms with Crippen molar-refractivity contribution in [2.45, 2.75) is 59.6 Å². The molecule has 28 heavy (non-hydrogen) atoms. The van der Waals surface area contributed by atoms with E-state index in [0.29, 0.717) is 12.3 Å². The quantitative estimate of drug-likeness (QED) is 0.633. The van der Waals surface area contributed by atoms with Crippen LogP contribution in [-0.4, -0.2) is 19.1 Å². The second kappa shape index (κ2) is 10.2. The molecule has 0 saturated carbocycles. The van der Waals surface area contributed by atoms with Crippen LogP contribution in [0, 0.1) is 19.8 Å². The number of benzene rings is 2. The molecular weight excluding hydrogens is 350 g/mol. The molecule has 0 aliphatic carbocycles. The van der Waals surface area contributed by atoms with E-state index in [1.165, 1.54) is 5.56 Å². The predicted octanol–water partition coefficient (Wildman–Crippen LogP) is 5.37. The lowest BCUT2D eigenvalue weighted by Gasteiger charge is -2.25. The Hall–Kier alpha value is -2.49. The Labute approximate surface area is 169 Å². The Balaban J connectivity index is 2.13. The van der Waals surface area contributed by atoms with E-state index in [1.54, 1.807) is 7.11 Å². The molecule has 0 saturated heterocycles. The summed E-state index contributed by atoms with van der Waals surface area (Å²) < 4.78 is 11.3. The maximum atomic E-state index is 13.0. The highest BCUT2D eigenvalue weighted by atomic mass is 16.5. The molecule has 4 nitrogen and oxygen atoms in total. The van der Waals surface area contributed by atoms with Gasteiger partial charge in [0, 0.05) is 0 Å². The van der Waals surface area contributed by atoms with Gasteiger partial charge in [0.2, 0.25) is 0 Å². The predicted molar refractivity (Wildman–Crippen MR) is 114 cm³/mol. The van der Waals surface area contributed by atoms with Gasteiger partial charge in [0.25, 0.3) is 5.91 Å². The van der Waals surface area contributed by atoms with Gasteiger partial charge in [-0.2, -0.15) is 0 Å². The minimum atomic E-state index is -0.519. The van der Waals surface area contributed by atoms with E-state index in [0.717, 1.165) is 29.0 Å². The van der Waals surface area contributed by atoms with Crippen LogP contribution in [0.5, 0.6) is 11.5 Å². The number of amides is 1. The molecule has 2 atom stereocenters. The van der Waals surface area contributed by atoms with Crippen molar-refractivity contribution in [1.29, 1.82) is 0 Å². The van der Waals surface area contributed by atoms with Crippen LogP contribution in [-0.2, 0) is 4.79 Å². The third-order valence-electron chi connectivity index (χ3n) is 4.96. The normalized spacial score (nSPS) is 13.1. The van der Waals surface area contributed by atoms with Gasteiger partial charge < -0.3 is 14.8 Å². The zero-order chi connectivity index (χ0) is 20.7. The van der Waals surface area contributed by atoms with Crippen molar-refractivity contribution in [1.82, 2.24) is 5.32 Å². The lowest BCUT2D eigenvalue weighted by molar-refractivity contribution is -0.129. The van der Waals surface area contributed by atoms with Crippen LogP contribution in [0.4, 0.5) is 0 Å².